The van der Waals surface area contributed by atoms with E-state index in [2.05, 4.69) is 0 Å². The number of halogens is 1. The first-order valence-electron chi connectivity index (χ1n) is 3.58. The number of rotatable bonds is 3. The molecular formula is C9H9INO2-. The quantitative estimate of drug-likeness (QED) is 0.363. The second-order valence-electron chi connectivity index (χ2n) is 2.35. The molecular weight excluding hydrogens is 281 g/mol. The molecule has 0 saturated carbocycles. The first-order chi connectivity index (χ1) is 6.27. The molecule has 0 heterocycles. The average Bonchev–Trinajstić information content (AvgIpc) is 2.18. The van der Waals surface area contributed by atoms with E-state index in [0.717, 1.165) is 9.13 Å². The third-order valence-electron chi connectivity index (χ3n) is 1.50. The monoisotopic (exact) mass is 290 g/mol. The second-order valence-corrected chi connectivity index (χ2v) is 4.08. The SMILES string of the molecule is N/C(=C\C=O)c1cccc([I-]O)c1. The van der Waals surface area contributed by atoms with E-state index in [-0.39, 0.29) is 0 Å². The molecule has 0 fully saturated rings. The Labute approximate surface area is 87.1 Å². The van der Waals surface area contributed by atoms with Gasteiger partial charge in [-0.3, -0.25) is 0 Å². The van der Waals surface area contributed by atoms with Crippen LogP contribution in [0.5, 0.6) is 0 Å². The predicted octanol–water partition coefficient (Wildman–Crippen LogP) is -2.65. The fourth-order valence-electron chi connectivity index (χ4n) is 0.890. The van der Waals surface area contributed by atoms with Crippen LogP contribution in [0.15, 0.2) is 30.3 Å². The summed E-state index contributed by atoms with van der Waals surface area (Å²) >= 11 is -0.914. The van der Waals surface area contributed by atoms with Gasteiger partial charge in [0.25, 0.3) is 0 Å². The molecule has 3 N–H and O–H groups in total. The molecule has 0 bridgehead atoms. The molecule has 4 heteroatoms. The zero-order chi connectivity index (χ0) is 9.68. The maximum atomic E-state index is 10.1. The molecule has 0 atom stereocenters. The first-order valence-corrected chi connectivity index (χ1v) is 5.62. The van der Waals surface area contributed by atoms with Gasteiger partial charge in [0.15, 0.2) is 0 Å². The van der Waals surface area contributed by atoms with E-state index in [9.17, 15) is 4.79 Å². The number of carbonyl (C=O) groups is 1. The summed E-state index contributed by atoms with van der Waals surface area (Å²) in [6.07, 6.45) is 1.95. The van der Waals surface area contributed by atoms with Gasteiger partial charge in [-0.05, 0) is 0 Å². The summed E-state index contributed by atoms with van der Waals surface area (Å²) in [5.74, 6) is 0. The van der Waals surface area contributed by atoms with E-state index in [1.165, 1.54) is 6.08 Å². The van der Waals surface area contributed by atoms with Crippen molar-refractivity contribution >= 4 is 12.0 Å². The molecule has 0 aromatic heterocycles. The van der Waals surface area contributed by atoms with Gasteiger partial charge in [0, 0.05) is 0 Å². The molecule has 0 saturated heterocycles. The number of carbonyl (C=O) groups excluding carboxylic acids is 1. The molecule has 1 aromatic carbocycles. The molecule has 0 amide bonds. The van der Waals surface area contributed by atoms with Crippen LogP contribution >= 0.6 is 0 Å². The van der Waals surface area contributed by atoms with E-state index in [4.69, 9.17) is 9.17 Å². The first kappa shape index (κ1) is 10.2. The molecule has 0 spiro atoms. The summed E-state index contributed by atoms with van der Waals surface area (Å²) < 4.78 is 9.84. The van der Waals surface area contributed by atoms with Crippen LogP contribution in [0.1, 0.15) is 5.56 Å². The van der Waals surface area contributed by atoms with E-state index in [0.29, 0.717) is 12.0 Å². The van der Waals surface area contributed by atoms with Crippen molar-refractivity contribution in [3.8, 4) is 0 Å². The van der Waals surface area contributed by atoms with Crippen molar-refractivity contribution in [3.05, 3.63) is 39.5 Å². The topological polar surface area (TPSA) is 63.3 Å². The van der Waals surface area contributed by atoms with Crippen LogP contribution in [0.2, 0.25) is 0 Å². The van der Waals surface area contributed by atoms with Crippen LogP contribution in [0.25, 0.3) is 5.70 Å². The molecule has 1 aromatic rings. The summed E-state index contributed by atoms with van der Waals surface area (Å²) in [7, 11) is 0. The molecule has 0 aliphatic carbocycles. The standard InChI is InChI=1S/C9H9INO2/c11-9(4-5-12)7-2-1-3-8(6-7)10-13/h1-6,13H,11H2/q-1/b9-4-. The molecule has 0 unspecified atom stereocenters. The van der Waals surface area contributed by atoms with Crippen LogP contribution in [-0.4, -0.2) is 9.72 Å². The molecule has 0 aliphatic rings. The Balaban J connectivity index is 3.01. The molecule has 70 valence electrons. The number of allylic oxidation sites excluding steroid dienone is 1. The summed E-state index contributed by atoms with van der Waals surface area (Å²) in [6.45, 7) is 0. The molecule has 0 aliphatic heterocycles. The molecule has 1 rings (SSSR count). The number of hydrogen-bond donors (Lipinski definition) is 2. The molecule has 13 heavy (non-hydrogen) atoms. The number of nitrogens with two attached hydrogens (primary N) is 1. The minimum atomic E-state index is -0.914. The summed E-state index contributed by atoms with van der Waals surface area (Å²) in [6, 6.07) is 7.25. The van der Waals surface area contributed by atoms with Crippen LogP contribution < -0.4 is 27.4 Å². The summed E-state index contributed by atoms with van der Waals surface area (Å²) in [5.41, 5.74) is 6.79. The van der Waals surface area contributed by atoms with Crippen LogP contribution in [-0.2, 0) is 4.79 Å². The van der Waals surface area contributed by atoms with Crippen molar-refractivity contribution in [2.45, 2.75) is 0 Å². The van der Waals surface area contributed by atoms with Crippen LogP contribution in [0, 0.1) is 3.57 Å². The van der Waals surface area contributed by atoms with Gasteiger partial charge >= 0.3 is 87.0 Å². The van der Waals surface area contributed by atoms with Gasteiger partial charge in [-0.2, -0.15) is 0 Å². The van der Waals surface area contributed by atoms with Gasteiger partial charge in [-0.15, -0.1) is 0 Å². The fraction of sp³-hybridized carbons (Fsp3) is 0. The fourth-order valence-corrected chi connectivity index (χ4v) is 1.73. The van der Waals surface area contributed by atoms with Crippen molar-refractivity contribution < 1.29 is 29.9 Å². The van der Waals surface area contributed by atoms with Crippen molar-refractivity contribution in [2.75, 3.05) is 0 Å². The van der Waals surface area contributed by atoms with Gasteiger partial charge in [0.05, 0.1) is 0 Å². The van der Waals surface area contributed by atoms with Gasteiger partial charge < -0.3 is 0 Å². The Bertz CT molecular complexity index is 336. The van der Waals surface area contributed by atoms with Crippen molar-refractivity contribution in [1.82, 2.24) is 0 Å². The Hall–Kier alpha value is -0.880. The van der Waals surface area contributed by atoms with Crippen molar-refractivity contribution in [3.63, 3.8) is 0 Å². The zero-order valence-corrected chi connectivity index (χ0v) is 8.93. The van der Waals surface area contributed by atoms with Crippen LogP contribution in [0.4, 0.5) is 0 Å². The van der Waals surface area contributed by atoms with Gasteiger partial charge in [-0.25, -0.2) is 0 Å². The summed E-state index contributed by atoms with van der Waals surface area (Å²) in [4.78, 5) is 10.1. The normalized spacial score (nSPS) is 11.6. The summed E-state index contributed by atoms with van der Waals surface area (Å²) in [5, 5.41) is 0. The maximum absolute atomic E-state index is 10.1. The van der Waals surface area contributed by atoms with Crippen molar-refractivity contribution in [1.29, 1.82) is 0 Å². The Kier molecular flexibility index (Phi) is 3.91. The molecule has 3 nitrogen and oxygen atoms in total. The second kappa shape index (κ2) is 4.98. The Morgan fingerprint density at radius 1 is 1.54 bits per heavy atom. The minimum absolute atomic E-state index is 0.425. The van der Waals surface area contributed by atoms with E-state index in [1.807, 2.05) is 12.1 Å². The zero-order valence-electron chi connectivity index (χ0n) is 6.77. The predicted molar refractivity (Wildman–Crippen MR) is 45.6 cm³/mol. The van der Waals surface area contributed by atoms with Gasteiger partial charge in [-0.1, -0.05) is 0 Å². The third kappa shape index (κ3) is 2.82. The number of aldehydes is 1. The third-order valence-corrected chi connectivity index (χ3v) is 2.73. The van der Waals surface area contributed by atoms with E-state index < -0.39 is 21.6 Å². The Morgan fingerprint density at radius 2 is 2.31 bits per heavy atom. The van der Waals surface area contributed by atoms with Crippen molar-refractivity contribution in [2.24, 2.45) is 5.73 Å². The number of benzene rings is 1. The molecule has 0 radical (unpaired) electrons. The van der Waals surface area contributed by atoms with Gasteiger partial charge in [0.1, 0.15) is 0 Å². The average molecular weight is 290 g/mol. The number of hydrogen-bond acceptors (Lipinski definition) is 3. The van der Waals surface area contributed by atoms with Crippen LogP contribution in [0.3, 0.4) is 0 Å². The van der Waals surface area contributed by atoms with Gasteiger partial charge in [0.2, 0.25) is 0 Å². The Morgan fingerprint density at radius 3 is 2.92 bits per heavy atom. The van der Waals surface area contributed by atoms with E-state index in [1.54, 1.807) is 12.1 Å². The van der Waals surface area contributed by atoms with E-state index >= 15 is 0 Å².